The highest BCUT2D eigenvalue weighted by molar-refractivity contribution is 6.31. The quantitative estimate of drug-likeness (QED) is 0.300. The lowest BCUT2D eigenvalue weighted by Crippen LogP contribution is -2.46. The first-order chi connectivity index (χ1) is 14.6. The highest BCUT2D eigenvalue weighted by Crippen LogP contribution is 2.52. The third-order valence-corrected chi connectivity index (χ3v) is 6.24. The Kier molecular flexibility index (Phi) is 4.56. The normalized spacial score (nSPS) is 24.3. The maximum Gasteiger partial charge on any atom is 0.316 e. The van der Waals surface area contributed by atoms with E-state index in [1.54, 1.807) is 6.92 Å². The van der Waals surface area contributed by atoms with Gasteiger partial charge in [0.25, 0.3) is 0 Å². The summed E-state index contributed by atoms with van der Waals surface area (Å²) in [6, 6.07) is 3.25. The lowest BCUT2D eigenvalue weighted by atomic mass is 9.67. The molecule has 5 N–H and O–H groups in total. The number of hydrogen-bond acceptors (Lipinski definition) is 9. The van der Waals surface area contributed by atoms with Crippen molar-refractivity contribution >= 4 is 17.5 Å². The van der Waals surface area contributed by atoms with Crippen molar-refractivity contribution in [1.82, 2.24) is 0 Å². The minimum atomic E-state index is -1.72. The second kappa shape index (κ2) is 6.79. The molecule has 3 atom stereocenters. The molecule has 2 aromatic carbocycles. The lowest BCUT2D eigenvalue weighted by molar-refractivity contribution is -0.153. The number of carbonyl (C=O) groups is 3. The topological polar surface area (TPSA) is 162 Å². The molecule has 0 bridgehead atoms. The van der Waals surface area contributed by atoms with Crippen LogP contribution in [-0.4, -0.2) is 55.8 Å². The molecule has 31 heavy (non-hydrogen) atoms. The minimum absolute atomic E-state index is 0.0459. The van der Waals surface area contributed by atoms with Gasteiger partial charge in [0.2, 0.25) is 5.78 Å². The number of methoxy groups -OCH3 is 1. The van der Waals surface area contributed by atoms with Crippen molar-refractivity contribution in [2.24, 2.45) is 0 Å². The number of aliphatic hydroxyl groups is 2. The third kappa shape index (κ3) is 2.67. The molecule has 0 heterocycles. The van der Waals surface area contributed by atoms with Crippen LogP contribution in [-0.2, 0) is 9.53 Å². The molecule has 0 amide bonds. The number of carbonyl (C=O) groups excluding carboxylic acids is 3. The molecular weight excluding hydrogens is 408 g/mol. The number of aromatic hydroxyl groups is 3. The number of hydrogen-bond donors (Lipinski definition) is 5. The fourth-order valence-electron chi connectivity index (χ4n) is 4.66. The Morgan fingerprint density at radius 1 is 1.10 bits per heavy atom. The highest BCUT2D eigenvalue weighted by atomic mass is 16.5. The summed E-state index contributed by atoms with van der Waals surface area (Å²) in [6.45, 7) is 1.61. The summed E-state index contributed by atoms with van der Waals surface area (Å²) in [5.41, 5.74) is -3.62. The van der Waals surface area contributed by atoms with Crippen LogP contribution in [0.5, 0.6) is 17.2 Å². The number of fused-ring (bicyclic) bond motifs is 3. The summed E-state index contributed by atoms with van der Waals surface area (Å²) in [5, 5.41) is 52.9. The highest BCUT2D eigenvalue weighted by Gasteiger charge is 2.51. The molecule has 0 spiro atoms. The third-order valence-electron chi connectivity index (χ3n) is 6.24. The van der Waals surface area contributed by atoms with Crippen LogP contribution in [0.3, 0.4) is 0 Å². The van der Waals surface area contributed by atoms with E-state index in [2.05, 4.69) is 0 Å². The van der Waals surface area contributed by atoms with Crippen LogP contribution in [0.4, 0.5) is 0 Å². The van der Waals surface area contributed by atoms with E-state index in [0.717, 1.165) is 25.3 Å². The van der Waals surface area contributed by atoms with Crippen molar-refractivity contribution in [3.8, 4) is 17.2 Å². The predicted molar refractivity (Wildman–Crippen MR) is 104 cm³/mol. The molecule has 0 aromatic heterocycles. The van der Waals surface area contributed by atoms with Crippen molar-refractivity contribution in [2.45, 2.75) is 37.4 Å². The van der Waals surface area contributed by atoms with Crippen molar-refractivity contribution in [1.29, 1.82) is 0 Å². The molecule has 2 aromatic rings. The SMILES string of the molecule is CC[C@]1(O)C[C@H](O)c2c(cc3c(c2O)C(=O)c2c(O)ccc(O)c2C3=O)[C@H]1C(=O)OC. The van der Waals surface area contributed by atoms with Gasteiger partial charge >= 0.3 is 5.97 Å². The predicted octanol–water partition coefficient (Wildman–Crippen LogP) is 1.41. The molecule has 9 nitrogen and oxygen atoms in total. The van der Waals surface area contributed by atoms with Gasteiger partial charge in [-0.1, -0.05) is 6.92 Å². The van der Waals surface area contributed by atoms with E-state index in [0.29, 0.717) is 0 Å². The summed E-state index contributed by atoms with van der Waals surface area (Å²) in [6.07, 6.45) is -1.69. The van der Waals surface area contributed by atoms with Crippen molar-refractivity contribution in [3.63, 3.8) is 0 Å². The average molecular weight is 428 g/mol. The summed E-state index contributed by atoms with van der Waals surface area (Å²) >= 11 is 0. The summed E-state index contributed by atoms with van der Waals surface area (Å²) in [4.78, 5) is 38.8. The van der Waals surface area contributed by atoms with Crippen molar-refractivity contribution in [2.75, 3.05) is 7.11 Å². The Morgan fingerprint density at radius 2 is 1.68 bits per heavy atom. The van der Waals surface area contributed by atoms with Crippen LogP contribution in [0.2, 0.25) is 0 Å². The van der Waals surface area contributed by atoms with Gasteiger partial charge in [0.05, 0.1) is 35.5 Å². The summed E-state index contributed by atoms with van der Waals surface area (Å²) in [7, 11) is 1.12. The van der Waals surface area contributed by atoms with Crippen LogP contribution in [0.15, 0.2) is 18.2 Å². The van der Waals surface area contributed by atoms with Crippen LogP contribution in [0, 0.1) is 0 Å². The number of ether oxygens (including phenoxy) is 1. The van der Waals surface area contributed by atoms with Gasteiger partial charge in [0.15, 0.2) is 5.78 Å². The first kappa shape index (κ1) is 20.8. The van der Waals surface area contributed by atoms with E-state index in [9.17, 15) is 39.9 Å². The molecule has 2 aliphatic carbocycles. The van der Waals surface area contributed by atoms with Gasteiger partial charge in [-0.2, -0.15) is 0 Å². The Hall–Kier alpha value is -3.43. The zero-order valence-electron chi connectivity index (χ0n) is 16.7. The number of phenolic OH excluding ortho intramolecular Hbond substituents is 3. The van der Waals surface area contributed by atoms with E-state index in [1.807, 2.05) is 0 Å². The molecule has 162 valence electrons. The number of phenols is 3. The smallest absolute Gasteiger partial charge is 0.316 e. The van der Waals surface area contributed by atoms with Crippen LogP contribution < -0.4 is 0 Å². The van der Waals surface area contributed by atoms with E-state index in [-0.39, 0.29) is 29.5 Å². The molecule has 0 unspecified atom stereocenters. The number of ketones is 2. The van der Waals surface area contributed by atoms with Gasteiger partial charge in [0.1, 0.15) is 23.2 Å². The van der Waals surface area contributed by atoms with Gasteiger partial charge < -0.3 is 30.3 Å². The Morgan fingerprint density at radius 3 is 2.23 bits per heavy atom. The Balaban J connectivity index is 2.06. The largest absolute Gasteiger partial charge is 0.507 e. The summed E-state index contributed by atoms with van der Waals surface area (Å²) in [5.74, 6) is -5.77. The lowest BCUT2D eigenvalue weighted by Gasteiger charge is -2.42. The van der Waals surface area contributed by atoms with Gasteiger partial charge in [-0.05, 0) is 30.2 Å². The van der Waals surface area contributed by atoms with Gasteiger partial charge in [-0.3, -0.25) is 14.4 Å². The molecule has 4 rings (SSSR count). The Labute approximate surface area is 176 Å². The minimum Gasteiger partial charge on any atom is -0.507 e. The van der Waals surface area contributed by atoms with Gasteiger partial charge in [-0.25, -0.2) is 0 Å². The number of aliphatic hydroxyl groups excluding tert-OH is 1. The maximum atomic E-state index is 13.1. The number of rotatable bonds is 2. The van der Waals surface area contributed by atoms with E-state index < -0.39 is 69.1 Å². The number of benzene rings is 2. The molecule has 9 heteroatoms. The molecule has 0 saturated carbocycles. The first-order valence-electron chi connectivity index (χ1n) is 9.59. The van der Waals surface area contributed by atoms with E-state index in [4.69, 9.17) is 4.74 Å². The molecule has 0 fully saturated rings. The molecule has 0 aliphatic heterocycles. The second-order valence-corrected chi connectivity index (χ2v) is 7.80. The zero-order valence-corrected chi connectivity index (χ0v) is 16.7. The summed E-state index contributed by atoms with van der Waals surface area (Å²) < 4.78 is 4.81. The molecule has 0 saturated heterocycles. The first-order valence-corrected chi connectivity index (χ1v) is 9.59. The second-order valence-electron chi connectivity index (χ2n) is 7.80. The van der Waals surface area contributed by atoms with Crippen LogP contribution in [0.25, 0.3) is 0 Å². The standard InChI is InChI=1S/C22H20O9/c1-3-22(30)7-12(25)13-8(17(22)21(29)31-2)6-9-14(19(13)27)20(28)16-11(24)5-4-10(23)15(16)18(9)26/h4-6,12,17,23-25,27,30H,3,7H2,1-2H3/t12-,17-,22-/m0/s1. The molecule has 2 aliphatic rings. The maximum absolute atomic E-state index is 13.1. The van der Waals surface area contributed by atoms with Gasteiger partial charge in [-0.15, -0.1) is 0 Å². The van der Waals surface area contributed by atoms with E-state index in [1.165, 1.54) is 0 Å². The Bertz CT molecular complexity index is 1170. The van der Waals surface area contributed by atoms with Crippen LogP contribution >= 0.6 is 0 Å². The monoisotopic (exact) mass is 428 g/mol. The zero-order chi connectivity index (χ0) is 22.8. The van der Waals surface area contributed by atoms with Crippen LogP contribution in [0.1, 0.15) is 74.8 Å². The van der Waals surface area contributed by atoms with Crippen molar-refractivity contribution in [3.05, 3.63) is 51.6 Å². The average Bonchev–Trinajstić information content (AvgIpc) is 2.72. The fraction of sp³-hybridized carbons (Fsp3) is 0.318. The fourth-order valence-corrected chi connectivity index (χ4v) is 4.66. The molecular formula is C22H20O9. The number of esters is 1. The van der Waals surface area contributed by atoms with Crippen molar-refractivity contribution < 1.29 is 44.7 Å². The van der Waals surface area contributed by atoms with E-state index >= 15 is 0 Å². The van der Waals surface area contributed by atoms with Gasteiger partial charge in [0, 0.05) is 17.5 Å². The molecule has 0 radical (unpaired) electrons.